The summed E-state index contributed by atoms with van der Waals surface area (Å²) in [6.45, 7) is 3.19. The second kappa shape index (κ2) is 9.08. The summed E-state index contributed by atoms with van der Waals surface area (Å²) in [6.07, 6.45) is 5.86. The van der Waals surface area contributed by atoms with Crippen LogP contribution >= 0.6 is 0 Å². The number of aromatic nitrogens is 4. The van der Waals surface area contributed by atoms with E-state index in [1.165, 1.54) is 10.3 Å². The van der Waals surface area contributed by atoms with Crippen LogP contribution < -0.4 is 15.8 Å². The van der Waals surface area contributed by atoms with Gasteiger partial charge in [0.05, 0.1) is 17.9 Å². The molecule has 190 valence electrons. The Kier molecular flexibility index (Phi) is 5.72. The van der Waals surface area contributed by atoms with Crippen LogP contribution in [0.15, 0.2) is 47.4 Å². The molecule has 1 aromatic carbocycles. The molecule has 0 fully saturated rings. The van der Waals surface area contributed by atoms with Gasteiger partial charge in [-0.15, -0.1) is 0 Å². The number of pyridine rings is 1. The number of carbonyl (C=O) groups excluding carboxylic acids is 1. The maximum absolute atomic E-state index is 13.7. The Labute approximate surface area is 214 Å². The van der Waals surface area contributed by atoms with Crippen LogP contribution in [-0.2, 0) is 33.0 Å². The van der Waals surface area contributed by atoms with Crippen LogP contribution in [0.2, 0.25) is 0 Å². The molecule has 9 heteroatoms. The lowest BCUT2D eigenvalue weighted by molar-refractivity contribution is 0.0979. The normalized spacial score (nSPS) is 15.0. The number of carbonyl (C=O) groups is 1. The number of amides is 1. The fraction of sp³-hybridized carbons (Fsp3) is 0.321. The average Bonchev–Trinajstić information content (AvgIpc) is 3.50. The second-order valence-electron chi connectivity index (χ2n) is 9.89. The van der Waals surface area contributed by atoms with Crippen LogP contribution in [0, 0.1) is 6.92 Å². The fourth-order valence-electron chi connectivity index (χ4n) is 5.69. The summed E-state index contributed by atoms with van der Waals surface area (Å²) in [6, 6.07) is 11.3. The molecular formula is C28H30N6O3. The fourth-order valence-corrected chi connectivity index (χ4v) is 5.69. The third-order valence-electron chi connectivity index (χ3n) is 7.47. The van der Waals surface area contributed by atoms with Crippen molar-refractivity contribution in [2.45, 2.75) is 45.8 Å². The Balaban J connectivity index is 1.39. The van der Waals surface area contributed by atoms with Crippen molar-refractivity contribution in [3.8, 4) is 11.1 Å². The lowest BCUT2D eigenvalue weighted by Gasteiger charge is -2.30. The van der Waals surface area contributed by atoms with E-state index in [2.05, 4.69) is 26.1 Å². The highest BCUT2D eigenvalue weighted by Gasteiger charge is 2.32. The molecule has 0 unspecified atom stereocenters. The number of fused-ring (bicyclic) bond motifs is 3. The van der Waals surface area contributed by atoms with Gasteiger partial charge in [-0.25, -0.2) is 0 Å². The molecule has 1 amide bonds. The average molecular weight is 499 g/mol. The standard InChI is InChI=1S/C28H30N6O3/c1-17-12-26(31-30-17)29-23-13-18(15-32(2)28(23)37)20-7-5-8-24(22(20)16-35)34-11-9-25-21(27(34)36)14-19-6-3-4-10-33(19)25/h5,7-8,12-15,35H,3-4,6,9-11,16H2,1-2H3,(H2,29,30,31). The molecule has 6 rings (SSSR count). The van der Waals surface area contributed by atoms with Crippen molar-refractivity contribution in [3.63, 3.8) is 0 Å². The van der Waals surface area contributed by atoms with Crippen molar-refractivity contribution in [2.75, 3.05) is 16.8 Å². The highest BCUT2D eigenvalue weighted by molar-refractivity contribution is 6.09. The first-order chi connectivity index (χ1) is 17.9. The zero-order valence-corrected chi connectivity index (χ0v) is 21.0. The largest absolute Gasteiger partial charge is 0.392 e. The predicted molar refractivity (Wildman–Crippen MR) is 142 cm³/mol. The van der Waals surface area contributed by atoms with Crippen LogP contribution in [-0.4, -0.2) is 36.9 Å². The third kappa shape index (κ3) is 3.95. The quantitative estimate of drug-likeness (QED) is 0.389. The van der Waals surface area contributed by atoms with Crippen LogP contribution in [0.25, 0.3) is 11.1 Å². The maximum atomic E-state index is 13.7. The van der Waals surface area contributed by atoms with Gasteiger partial charge in [0.1, 0.15) is 5.69 Å². The van der Waals surface area contributed by atoms with Crippen LogP contribution in [0.1, 0.15) is 45.8 Å². The smallest absolute Gasteiger partial charge is 0.274 e. The SMILES string of the molecule is Cc1cc(Nc2cc(-c3cccc(N4CCc5c(cc6n5CCCC6)C4=O)c3CO)cn(C)c2=O)n[nH]1. The third-order valence-corrected chi connectivity index (χ3v) is 7.47. The van der Waals surface area contributed by atoms with Crippen LogP contribution in [0.4, 0.5) is 17.2 Å². The number of aliphatic hydroxyl groups excluding tert-OH is 1. The van der Waals surface area contributed by atoms with Gasteiger partial charge in [-0.1, -0.05) is 12.1 Å². The Bertz CT molecular complexity index is 1580. The molecule has 0 aliphatic carbocycles. The minimum atomic E-state index is -0.238. The number of hydrogen-bond donors (Lipinski definition) is 3. The number of aliphatic hydroxyl groups is 1. The number of aromatic amines is 1. The highest BCUT2D eigenvalue weighted by atomic mass is 16.3. The van der Waals surface area contributed by atoms with Crippen LogP contribution in [0.5, 0.6) is 0 Å². The van der Waals surface area contributed by atoms with Gasteiger partial charge in [-0.2, -0.15) is 5.10 Å². The van der Waals surface area contributed by atoms with Gasteiger partial charge in [0, 0.05) is 67.0 Å². The molecule has 0 bridgehead atoms. The van der Waals surface area contributed by atoms with Gasteiger partial charge in [0.25, 0.3) is 11.5 Å². The Morgan fingerprint density at radius 3 is 2.73 bits per heavy atom. The zero-order valence-electron chi connectivity index (χ0n) is 21.0. The van der Waals surface area contributed by atoms with Crippen molar-refractivity contribution in [1.82, 2.24) is 19.3 Å². The first kappa shape index (κ1) is 23.3. The lowest BCUT2D eigenvalue weighted by atomic mass is 9.97. The van der Waals surface area contributed by atoms with Gasteiger partial charge < -0.3 is 24.5 Å². The molecular weight excluding hydrogens is 468 g/mol. The van der Waals surface area contributed by atoms with E-state index in [9.17, 15) is 14.7 Å². The second-order valence-corrected chi connectivity index (χ2v) is 9.89. The van der Waals surface area contributed by atoms with E-state index in [0.29, 0.717) is 29.3 Å². The molecule has 0 saturated carbocycles. The molecule has 2 aliphatic rings. The number of benzene rings is 1. The molecule has 0 atom stereocenters. The van der Waals surface area contributed by atoms with Gasteiger partial charge in [-0.3, -0.25) is 14.7 Å². The molecule has 2 aliphatic heterocycles. The Hall–Kier alpha value is -4.11. The molecule has 5 heterocycles. The molecule has 37 heavy (non-hydrogen) atoms. The van der Waals surface area contributed by atoms with Gasteiger partial charge in [-0.05, 0) is 49.9 Å². The number of nitrogens with one attached hydrogen (secondary N) is 2. The van der Waals surface area contributed by atoms with Gasteiger partial charge >= 0.3 is 0 Å². The van der Waals surface area contributed by atoms with E-state index in [1.54, 1.807) is 24.2 Å². The summed E-state index contributed by atoms with van der Waals surface area (Å²) in [4.78, 5) is 28.3. The predicted octanol–water partition coefficient (Wildman–Crippen LogP) is 3.66. The molecule has 0 radical (unpaired) electrons. The van der Waals surface area contributed by atoms with E-state index in [4.69, 9.17) is 0 Å². The topological polar surface area (TPSA) is 108 Å². The van der Waals surface area contributed by atoms with Gasteiger partial charge in [0.15, 0.2) is 5.82 Å². The number of rotatable bonds is 5. The van der Waals surface area contributed by atoms with Crippen molar-refractivity contribution >= 4 is 23.1 Å². The minimum absolute atomic E-state index is 0.0216. The molecule has 0 spiro atoms. The summed E-state index contributed by atoms with van der Waals surface area (Å²) in [5.41, 5.74) is 7.11. The van der Waals surface area contributed by atoms with Crippen molar-refractivity contribution < 1.29 is 9.90 Å². The highest BCUT2D eigenvalue weighted by Crippen LogP contribution is 2.36. The monoisotopic (exact) mass is 498 g/mol. The Morgan fingerprint density at radius 2 is 1.95 bits per heavy atom. The first-order valence-electron chi connectivity index (χ1n) is 12.7. The summed E-state index contributed by atoms with van der Waals surface area (Å²) in [7, 11) is 1.69. The van der Waals surface area contributed by atoms with Crippen molar-refractivity contribution in [3.05, 3.63) is 81.2 Å². The van der Waals surface area contributed by atoms with E-state index < -0.39 is 0 Å². The molecule has 3 aromatic heterocycles. The minimum Gasteiger partial charge on any atom is -0.392 e. The maximum Gasteiger partial charge on any atom is 0.274 e. The number of nitrogens with zero attached hydrogens (tertiary/aromatic N) is 4. The molecule has 4 aromatic rings. The van der Waals surface area contributed by atoms with E-state index in [0.717, 1.165) is 60.3 Å². The molecule has 9 nitrogen and oxygen atoms in total. The lowest BCUT2D eigenvalue weighted by Crippen LogP contribution is -2.38. The molecule has 0 saturated heterocycles. The summed E-state index contributed by atoms with van der Waals surface area (Å²) in [5.74, 6) is 0.527. The number of hydrogen-bond acceptors (Lipinski definition) is 5. The Morgan fingerprint density at radius 1 is 1.08 bits per heavy atom. The molecule has 3 N–H and O–H groups in total. The van der Waals surface area contributed by atoms with E-state index in [-0.39, 0.29) is 18.1 Å². The summed E-state index contributed by atoms with van der Waals surface area (Å²) < 4.78 is 3.84. The van der Waals surface area contributed by atoms with Gasteiger partial charge in [0.2, 0.25) is 0 Å². The van der Waals surface area contributed by atoms with E-state index in [1.807, 2.05) is 31.2 Å². The van der Waals surface area contributed by atoms with Crippen molar-refractivity contribution in [1.29, 1.82) is 0 Å². The number of aryl methyl sites for hydroxylation is 3. The number of H-pyrrole nitrogens is 1. The summed E-state index contributed by atoms with van der Waals surface area (Å²) in [5, 5.41) is 20.6. The first-order valence-corrected chi connectivity index (χ1v) is 12.7. The summed E-state index contributed by atoms with van der Waals surface area (Å²) >= 11 is 0. The zero-order chi connectivity index (χ0) is 25.7. The van der Waals surface area contributed by atoms with Crippen LogP contribution in [0.3, 0.4) is 0 Å². The van der Waals surface area contributed by atoms with Crippen molar-refractivity contribution in [2.24, 2.45) is 7.05 Å². The van der Waals surface area contributed by atoms with E-state index >= 15 is 0 Å². The number of anilines is 3.